The summed E-state index contributed by atoms with van der Waals surface area (Å²) >= 11 is 0. The van der Waals surface area contributed by atoms with Crippen LogP contribution in [0, 0.1) is 0 Å². The Labute approximate surface area is 129 Å². The Balaban J connectivity index is 1.72. The lowest BCUT2D eigenvalue weighted by molar-refractivity contribution is 0.0521. The van der Waals surface area contributed by atoms with Gasteiger partial charge < -0.3 is 9.64 Å². The normalized spacial score (nSPS) is 24.8. The minimum atomic E-state index is -0.224. The van der Waals surface area contributed by atoms with Gasteiger partial charge in [-0.3, -0.25) is 4.79 Å². The molecule has 0 spiro atoms. The summed E-state index contributed by atoms with van der Waals surface area (Å²) in [7, 11) is 0. The van der Waals surface area contributed by atoms with Crippen LogP contribution in [0.3, 0.4) is 0 Å². The molecule has 0 saturated heterocycles. The number of ether oxygens (including phenoxy) is 1. The molecule has 3 heterocycles. The second-order valence-corrected chi connectivity index (χ2v) is 6.72. The highest BCUT2D eigenvalue weighted by Gasteiger charge is 2.49. The molecule has 0 saturated carbocycles. The van der Waals surface area contributed by atoms with Gasteiger partial charge in [0.05, 0.1) is 18.8 Å². The third kappa shape index (κ3) is 1.37. The van der Waals surface area contributed by atoms with Crippen LogP contribution >= 0.6 is 0 Å². The summed E-state index contributed by atoms with van der Waals surface area (Å²) in [4.78, 5) is 14.8. The van der Waals surface area contributed by atoms with Gasteiger partial charge in [0.15, 0.2) is 0 Å². The van der Waals surface area contributed by atoms with Crippen LogP contribution in [0.4, 0.5) is 0 Å². The zero-order valence-electron chi connectivity index (χ0n) is 12.6. The molecule has 0 radical (unpaired) electrons. The van der Waals surface area contributed by atoms with Gasteiger partial charge in [0.1, 0.15) is 0 Å². The first-order valence-electron chi connectivity index (χ1n) is 7.80. The number of nitrogens with zero attached hydrogens (tertiary/aromatic N) is 1. The molecular formula is C19H17NO2. The van der Waals surface area contributed by atoms with Gasteiger partial charge in [-0.05, 0) is 40.8 Å². The van der Waals surface area contributed by atoms with Crippen molar-refractivity contribution < 1.29 is 9.53 Å². The zero-order chi connectivity index (χ0) is 14.9. The summed E-state index contributed by atoms with van der Waals surface area (Å²) in [5.41, 5.74) is 7.16. The molecule has 2 aromatic carbocycles. The minimum absolute atomic E-state index is 0.167. The van der Waals surface area contributed by atoms with Crippen LogP contribution in [-0.4, -0.2) is 10.8 Å². The molecule has 0 bridgehead atoms. The van der Waals surface area contributed by atoms with Crippen LogP contribution in [0.1, 0.15) is 45.1 Å². The molecule has 1 amide bonds. The number of rotatable bonds is 0. The molecule has 0 aromatic heterocycles. The monoisotopic (exact) mass is 291 g/mol. The lowest BCUT2D eigenvalue weighted by Crippen LogP contribution is -2.46. The van der Waals surface area contributed by atoms with E-state index in [1.54, 1.807) is 0 Å². The molecule has 2 aromatic rings. The van der Waals surface area contributed by atoms with Gasteiger partial charge in [-0.25, -0.2) is 0 Å². The summed E-state index contributed by atoms with van der Waals surface area (Å²) in [6, 6.07) is 12.4. The predicted molar refractivity (Wildman–Crippen MR) is 82.3 cm³/mol. The third-order valence-corrected chi connectivity index (χ3v) is 5.56. The number of hydrogen-bond acceptors (Lipinski definition) is 2. The zero-order valence-corrected chi connectivity index (χ0v) is 12.6. The van der Waals surface area contributed by atoms with E-state index in [2.05, 4.69) is 25.1 Å². The van der Waals surface area contributed by atoms with Crippen molar-refractivity contribution in [2.24, 2.45) is 0 Å². The average Bonchev–Trinajstić information content (AvgIpc) is 3.09. The SMILES string of the molecule is CC12Cc3c(ccc4c3COC4)CN1C(=O)c1ccccc12. The molecule has 3 aliphatic heterocycles. The molecule has 3 heteroatoms. The van der Waals surface area contributed by atoms with E-state index in [0.29, 0.717) is 13.2 Å². The Morgan fingerprint density at radius 3 is 2.77 bits per heavy atom. The quantitative estimate of drug-likeness (QED) is 0.746. The Hall–Kier alpha value is -2.13. The van der Waals surface area contributed by atoms with E-state index in [1.165, 1.54) is 27.8 Å². The first-order valence-corrected chi connectivity index (χ1v) is 7.80. The number of carbonyl (C=O) groups excluding carboxylic acids is 1. The number of amides is 1. The molecular weight excluding hydrogens is 274 g/mol. The molecule has 1 atom stereocenters. The van der Waals surface area contributed by atoms with E-state index in [-0.39, 0.29) is 11.4 Å². The van der Waals surface area contributed by atoms with Gasteiger partial charge in [-0.2, -0.15) is 0 Å². The second kappa shape index (κ2) is 3.99. The van der Waals surface area contributed by atoms with Crippen molar-refractivity contribution in [3.63, 3.8) is 0 Å². The van der Waals surface area contributed by atoms with Crippen molar-refractivity contribution in [3.8, 4) is 0 Å². The van der Waals surface area contributed by atoms with Crippen LogP contribution in [0.5, 0.6) is 0 Å². The maximum absolute atomic E-state index is 12.8. The van der Waals surface area contributed by atoms with Gasteiger partial charge in [0, 0.05) is 18.5 Å². The predicted octanol–water partition coefficient (Wildman–Crippen LogP) is 3.14. The number of carbonyl (C=O) groups is 1. The van der Waals surface area contributed by atoms with E-state index in [1.807, 2.05) is 23.1 Å². The molecule has 3 aliphatic rings. The maximum Gasteiger partial charge on any atom is 0.255 e. The molecule has 110 valence electrons. The average molecular weight is 291 g/mol. The number of hydrogen-bond donors (Lipinski definition) is 0. The first-order chi connectivity index (χ1) is 10.7. The van der Waals surface area contributed by atoms with E-state index < -0.39 is 0 Å². The largest absolute Gasteiger partial charge is 0.372 e. The van der Waals surface area contributed by atoms with Crippen LogP contribution in [0.2, 0.25) is 0 Å². The lowest BCUT2D eigenvalue weighted by Gasteiger charge is -2.41. The van der Waals surface area contributed by atoms with Crippen molar-refractivity contribution in [2.75, 3.05) is 0 Å². The minimum Gasteiger partial charge on any atom is -0.372 e. The van der Waals surface area contributed by atoms with Crippen LogP contribution in [0.15, 0.2) is 36.4 Å². The fourth-order valence-corrected chi connectivity index (χ4v) is 4.34. The van der Waals surface area contributed by atoms with Gasteiger partial charge in [0.2, 0.25) is 0 Å². The summed E-state index contributed by atoms with van der Waals surface area (Å²) in [6.45, 7) is 4.34. The highest BCUT2D eigenvalue weighted by molar-refractivity contribution is 6.00. The Morgan fingerprint density at radius 1 is 1.05 bits per heavy atom. The molecule has 22 heavy (non-hydrogen) atoms. The Morgan fingerprint density at radius 2 is 1.86 bits per heavy atom. The summed E-state index contributed by atoms with van der Waals surface area (Å²) in [6.07, 6.45) is 0.887. The maximum atomic E-state index is 12.8. The van der Waals surface area contributed by atoms with Crippen LogP contribution in [0.25, 0.3) is 0 Å². The highest BCUT2D eigenvalue weighted by atomic mass is 16.5. The number of benzene rings is 2. The molecule has 0 aliphatic carbocycles. The van der Waals surface area contributed by atoms with Crippen molar-refractivity contribution in [1.29, 1.82) is 0 Å². The number of fused-ring (bicyclic) bond motifs is 6. The Kier molecular flexibility index (Phi) is 2.25. The van der Waals surface area contributed by atoms with Crippen molar-refractivity contribution in [1.82, 2.24) is 4.90 Å². The molecule has 3 nitrogen and oxygen atoms in total. The van der Waals surface area contributed by atoms with E-state index in [0.717, 1.165) is 18.6 Å². The van der Waals surface area contributed by atoms with Crippen molar-refractivity contribution >= 4 is 5.91 Å². The van der Waals surface area contributed by atoms with Gasteiger partial charge in [-0.1, -0.05) is 30.3 Å². The van der Waals surface area contributed by atoms with E-state index in [4.69, 9.17) is 4.74 Å². The van der Waals surface area contributed by atoms with E-state index in [9.17, 15) is 4.79 Å². The topological polar surface area (TPSA) is 29.5 Å². The summed E-state index contributed by atoms with van der Waals surface area (Å²) < 4.78 is 5.64. The summed E-state index contributed by atoms with van der Waals surface area (Å²) in [5, 5.41) is 0. The Bertz CT molecular complexity index is 826. The van der Waals surface area contributed by atoms with Gasteiger partial charge in [0.25, 0.3) is 5.91 Å². The van der Waals surface area contributed by atoms with Gasteiger partial charge in [-0.15, -0.1) is 0 Å². The van der Waals surface area contributed by atoms with Crippen molar-refractivity contribution in [3.05, 3.63) is 69.8 Å². The molecule has 5 rings (SSSR count). The second-order valence-electron chi connectivity index (χ2n) is 6.72. The lowest BCUT2D eigenvalue weighted by atomic mass is 9.79. The van der Waals surface area contributed by atoms with Crippen molar-refractivity contribution in [2.45, 2.75) is 38.6 Å². The standard InChI is InChI=1S/C19H17NO2/c1-19-8-15-12(6-7-13-10-22-11-16(13)15)9-20(19)18(21)14-4-2-3-5-17(14)19/h2-7H,8-11H2,1H3. The fourth-order valence-electron chi connectivity index (χ4n) is 4.34. The molecule has 1 unspecified atom stereocenters. The molecule has 0 fully saturated rings. The van der Waals surface area contributed by atoms with E-state index >= 15 is 0 Å². The smallest absolute Gasteiger partial charge is 0.255 e. The fraction of sp³-hybridized carbons (Fsp3) is 0.316. The van der Waals surface area contributed by atoms with Crippen LogP contribution < -0.4 is 0 Å². The summed E-state index contributed by atoms with van der Waals surface area (Å²) in [5.74, 6) is 0.167. The first kappa shape index (κ1) is 12.4. The van der Waals surface area contributed by atoms with Gasteiger partial charge >= 0.3 is 0 Å². The molecule has 0 N–H and O–H groups in total. The van der Waals surface area contributed by atoms with Crippen LogP contribution in [-0.2, 0) is 36.5 Å². The third-order valence-electron chi connectivity index (χ3n) is 5.56. The highest BCUT2D eigenvalue weighted by Crippen LogP contribution is 2.47.